The van der Waals surface area contributed by atoms with Crippen molar-refractivity contribution in [2.45, 2.75) is 18.3 Å². The molecule has 0 bridgehead atoms. The number of aromatic nitrogens is 3. The molecule has 3 aromatic rings. The van der Waals surface area contributed by atoms with Crippen LogP contribution in [0, 0.1) is 0 Å². The molecular formula is C20H19N3O3S. The third-order valence-electron chi connectivity index (χ3n) is 3.76. The summed E-state index contributed by atoms with van der Waals surface area (Å²) in [5.41, 5.74) is 2.26. The van der Waals surface area contributed by atoms with Gasteiger partial charge in [-0.15, -0.1) is 16.8 Å². The Balaban J connectivity index is 1.67. The zero-order valence-electron chi connectivity index (χ0n) is 14.6. The van der Waals surface area contributed by atoms with Crippen molar-refractivity contribution in [2.75, 3.05) is 5.75 Å². The fraction of sp³-hybridized carbons (Fsp3) is 0.150. The number of benzene rings is 2. The Labute approximate surface area is 161 Å². The number of thioether (sulfide) groups is 1. The smallest absolute Gasteiger partial charge is 0.313 e. The normalized spacial score (nSPS) is 10.5. The summed E-state index contributed by atoms with van der Waals surface area (Å²) in [5, 5.41) is 17.6. The third kappa shape index (κ3) is 4.98. The standard InChI is InChI=1S/C20H19N3O3S/c1-2-12-23-18(21-22-20(23)27-14-19(24)25)13-26-17-10-8-16(9-11-17)15-6-4-3-5-7-15/h2-11H,1,12-14H2,(H,24,25). The molecular weight excluding hydrogens is 362 g/mol. The number of rotatable bonds is 9. The molecule has 138 valence electrons. The highest BCUT2D eigenvalue weighted by Crippen LogP contribution is 2.23. The second-order valence-corrected chi connectivity index (χ2v) is 6.60. The molecule has 0 aliphatic heterocycles. The van der Waals surface area contributed by atoms with Crippen LogP contribution in [-0.4, -0.2) is 31.6 Å². The van der Waals surface area contributed by atoms with Gasteiger partial charge in [-0.25, -0.2) is 0 Å². The predicted octanol–water partition coefficient (Wildman–Crippen LogP) is 3.89. The number of carboxylic acids is 1. The molecule has 0 fully saturated rings. The van der Waals surface area contributed by atoms with Crippen molar-refractivity contribution in [3.8, 4) is 16.9 Å². The highest BCUT2D eigenvalue weighted by Gasteiger charge is 2.13. The van der Waals surface area contributed by atoms with Crippen LogP contribution in [-0.2, 0) is 17.9 Å². The molecule has 0 amide bonds. The van der Waals surface area contributed by atoms with Crippen LogP contribution >= 0.6 is 11.8 Å². The summed E-state index contributed by atoms with van der Waals surface area (Å²) < 4.78 is 7.63. The van der Waals surface area contributed by atoms with Crippen molar-refractivity contribution in [2.24, 2.45) is 0 Å². The van der Waals surface area contributed by atoms with E-state index in [4.69, 9.17) is 9.84 Å². The van der Waals surface area contributed by atoms with Crippen LogP contribution in [0.5, 0.6) is 5.75 Å². The van der Waals surface area contributed by atoms with Crippen LogP contribution in [0.3, 0.4) is 0 Å². The van der Waals surface area contributed by atoms with Gasteiger partial charge in [-0.3, -0.25) is 9.36 Å². The van der Waals surface area contributed by atoms with E-state index in [9.17, 15) is 4.79 Å². The van der Waals surface area contributed by atoms with Crippen molar-refractivity contribution in [3.05, 3.63) is 73.1 Å². The number of ether oxygens (including phenoxy) is 1. The molecule has 3 rings (SSSR count). The molecule has 0 radical (unpaired) electrons. The van der Waals surface area contributed by atoms with Gasteiger partial charge in [0.25, 0.3) is 0 Å². The van der Waals surface area contributed by atoms with E-state index in [2.05, 4.69) is 28.9 Å². The van der Waals surface area contributed by atoms with Crippen LogP contribution < -0.4 is 4.74 Å². The summed E-state index contributed by atoms with van der Waals surface area (Å²) in [5.74, 6) is 0.374. The minimum absolute atomic E-state index is 0.0723. The van der Waals surface area contributed by atoms with Crippen LogP contribution in [0.15, 0.2) is 72.4 Å². The number of carbonyl (C=O) groups is 1. The molecule has 0 atom stereocenters. The quantitative estimate of drug-likeness (QED) is 0.448. The highest BCUT2D eigenvalue weighted by atomic mass is 32.2. The monoisotopic (exact) mass is 381 g/mol. The average molecular weight is 381 g/mol. The number of carboxylic acid groups (broad SMARTS) is 1. The second-order valence-electron chi connectivity index (χ2n) is 5.66. The fourth-order valence-corrected chi connectivity index (χ4v) is 3.18. The van der Waals surface area contributed by atoms with Crippen molar-refractivity contribution < 1.29 is 14.6 Å². The Kier molecular flexibility index (Phi) is 6.27. The van der Waals surface area contributed by atoms with Gasteiger partial charge in [0.15, 0.2) is 11.0 Å². The Morgan fingerprint density at radius 3 is 2.48 bits per heavy atom. The van der Waals surface area contributed by atoms with Crippen molar-refractivity contribution in [3.63, 3.8) is 0 Å². The molecule has 2 aromatic carbocycles. The van der Waals surface area contributed by atoms with E-state index in [1.807, 2.05) is 42.5 Å². The fourth-order valence-electron chi connectivity index (χ4n) is 2.49. The van der Waals surface area contributed by atoms with E-state index < -0.39 is 5.97 Å². The molecule has 0 saturated carbocycles. The molecule has 0 spiro atoms. The molecule has 1 N–H and O–H groups in total. The summed E-state index contributed by atoms with van der Waals surface area (Å²) in [4.78, 5) is 10.8. The van der Waals surface area contributed by atoms with Gasteiger partial charge in [0, 0.05) is 6.54 Å². The first kappa shape index (κ1) is 18.7. The third-order valence-corrected chi connectivity index (χ3v) is 4.71. The number of aliphatic carboxylic acids is 1. The predicted molar refractivity (Wildman–Crippen MR) is 105 cm³/mol. The molecule has 6 nitrogen and oxygen atoms in total. The van der Waals surface area contributed by atoms with E-state index in [0.29, 0.717) is 17.5 Å². The maximum Gasteiger partial charge on any atom is 0.313 e. The maximum atomic E-state index is 10.8. The minimum atomic E-state index is -0.899. The summed E-state index contributed by atoms with van der Waals surface area (Å²) >= 11 is 1.12. The first-order valence-corrected chi connectivity index (χ1v) is 9.32. The van der Waals surface area contributed by atoms with Crippen LogP contribution in [0.1, 0.15) is 5.82 Å². The van der Waals surface area contributed by atoms with Crippen molar-refractivity contribution in [1.82, 2.24) is 14.8 Å². The number of hydrogen-bond donors (Lipinski definition) is 1. The first-order valence-electron chi connectivity index (χ1n) is 8.33. The van der Waals surface area contributed by atoms with Crippen LogP contribution in [0.2, 0.25) is 0 Å². The number of hydrogen-bond acceptors (Lipinski definition) is 5. The number of allylic oxidation sites excluding steroid dienone is 1. The first-order chi connectivity index (χ1) is 13.2. The molecule has 1 aromatic heterocycles. The van der Waals surface area contributed by atoms with Crippen molar-refractivity contribution >= 4 is 17.7 Å². The van der Waals surface area contributed by atoms with Gasteiger partial charge < -0.3 is 9.84 Å². The summed E-state index contributed by atoms with van der Waals surface area (Å²) in [6.07, 6.45) is 1.71. The molecule has 0 aliphatic carbocycles. The lowest BCUT2D eigenvalue weighted by Gasteiger charge is -2.09. The second kappa shape index (κ2) is 9.05. The SMILES string of the molecule is C=CCn1c(COc2ccc(-c3ccccc3)cc2)nnc1SCC(=O)O. The van der Waals surface area contributed by atoms with Gasteiger partial charge in [-0.05, 0) is 23.3 Å². The maximum absolute atomic E-state index is 10.8. The van der Waals surface area contributed by atoms with Gasteiger partial charge in [0.1, 0.15) is 12.4 Å². The Hall–Kier alpha value is -3.06. The Bertz CT molecular complexity index is 908. The molecule has 7 heteroatoms. The largest absolute Gasteiger partial charge is 0.486 e. The molecule has 0 aliphatic rings. The highest BCUT2D eigenvalue weighted by molar-refractivity contribution is 7.99. The van der Waals surface area contributed by atoms with Gasteiger partial charge >= 0.3 is 5.97 Å². The Morgan fingerprint density at radius 1 is 1.11 bits per heavy atom. The lowest BCUT2D eigenvalue weighted by Crippen LogP contribution is -2.08. The Morgan fingerprint density at radius 2 is 1.81 bits per heavy atom. The van der Waals surface area contributed by atoms with E-state index >= 15 is 0 Å². The van der Waals surface area contributed by atoms with Gasteiger partial charge in [-0.2, -0.15) is 0 Å². The molecule has 0 unspecified atom stereocenters. The van der Waals surface area contributed by atoms with Crippen molar-refractivity contribution in [1.29, 1.82) is 0 Å². The molecule has 0 saturated heterocycles. The van der Waals surface area contributed by atoms with E-state index in [1.165, 1.54) is 0 Å². The molecule has 27 heavy (non-hydrogen) atoms. The van der Waals surface area contributed by atoms with E-state index in [0.717, 1.165) is 28.6 Å². The summed E-state index contributed by atoms with van der Waals surface area (Å²) in [6, 6.07) is 18.0. The van der Waals surface area contributed by atoms with Gasteiger partial charge in [0.2, 0.25) is 0 Å². The summed E-state index contributed by atoms with van der Waals surface area (Å²) in [7, 11) is 0. The average Bonchev–Trinajstić information content (AvgIpc) is 3.08. The van der Waals surface area contributed by atoms with Crippen LogP contribution in [0.4, 0.5) is 0 Å². The zero-order chi connectivity index (χ0) is 19.1. The van der Waals surface area contributed by atoms with Crippen LogP contribution in [0.25, 0.3) is 11.1 Å². The topological polar surface area (TPSA) is 77.2 Å². The molecule has 1 heterocycles. The number of nitrogens with zero attached hydrogens (tertiary/aromatic N) is 3. The minimum Gasteiger partial charge on any atom is -0.486 e. The summed E-state index contributed by atoms with van der Waals surface area (Å²) in [6.45, 7) is 4.45. The lowest BCUT2D eigenvalue weighted by atomic mass is 10.1. The van der Waals surface area contributed by atoms with Gasteiger partial charge in [-0.1, -0.05) is 60.3 Å². The lowest BCUT2D eigenvalue weighted by molar-refractivity contribution is -0.133. The van der Waals surface area contributed by atoms with E-state index in [1.54, 1.807) is 10.6 Å². The van der Waals surface area contributed by atoms with Gasteiger partial charge in [0.05, 0.1) is 5.75 Å². The zero-order valence-corrected chi connectivity index (χ0v) is 15.4. The van der Waals surface area contributed by atoms with E-state index in [-0.39, 0.29) is 12.4 Å².